The van der Waals surface area contributed by atoms with Crippen LogP contribution in [0, 0.1) is 13.8 Å². The number of rotatable bonds is 7. The predicted octanol–water partition coefficient (Wildman–Crippen LogP) is 2.06. The van der Waals surface area contributed by atoms with Gasteiger partial charge in [-0.3, -0.25) is 9.59 Å². The summed E-state index contributed by atoms with van der Waals surface area (Å²) in [5.41, 5.74) is 10.4. The number of aromatic nitrogens is 5. The van der Waals surface area contributed by atoms with Crippen LogP contribution in [0.5, 0.6) is 0 Å². The fourth-order valence-corrected chi connectivity index (χ4v) is 3.60. The third-order valence-electron chi connectivity index (χ3n) is 5.36. The highest BCUT2D eigenvalue weighted by Crippen LogP contribution is 2.14. The van der Waals surface area contributed by atoms with Crippen molar-refractivity contribution in [1.29, 1.82) is 0 Å². The van der Waals surface area contributed by atoms with Crippen LogP contribution < -0.4 is 16.6 Å². The van der Waals surface area contributed by atoms with Crippen LogP contribution in [0.1, 0.15) is 38.6 Å². The van der Waals surface area contributed by atoms with E-state index >= 15 is 0 Å². The number of nitrogens with one attached hydrogen (secondary N) is 1. The summed E-state index contributed by atoms with van der Waals surface area (Å²) >= 11 is 0. The molecule has 0 atom stereocenters. The van der Waals surface area contributed by atoms with Gasteiger partial charge in [0, 0.05) is 24.5 Å². The maximum Gasteiger partial charge on any atom is 0.291 e. The van der Waals surface area contributed by atoms with Gasteiger partial charge in [-0.1, -0.05) is 30.3 Å². The van der Waals surface area contributed by atoms with E-state index < -0.39 is 0 Å². The molecule has 3 N–H and O–H groups in total. The van der Waals surface area contributed by atoms with Crippen LogP contribution in [-0.2, 0) is 19.6 Å². The molecule has 3 heterocycles. The van der Waals surface area contributed by atoms with Crippen LogP contribution in [-0.4, -0.2) is 30.2 Å². The average Bonchev–Trinajstić information content (AvgIpc) is 3.24. The molecule has 0 aliphatic rings. The molecule has 0 spiro atoms. The van der Waals surface area contributed by atoms with Gasteiger partial charge in [0.1, 0.15) is 12.1 Å². The van der Waals surface area contributed by atoms with Gasteiger partial charge in [-0.2, -0.15) is 0 Å². The van der Waals surface area contributed by atoms with Crippen LogP contribution in [0.25, 0.3) is 0 Å². The van der Waals surface area contributed by atoms with Crippen molar-refractivity contribution in [2.24, 2.45) is 0 Å². The second-order valence-electron chi connectivity index (χ2n) is 7.86. The Kier molecular flexibility index (Phi) is 6.30. The van der Waals surface area contributed by atoms with Crippen molar-refractivity contribution in [1.82, 2.24) is 29.6 Å². The summed E-state index contributed by atoms with van der Waals surface area (Å²) in [4.78, 5) is 32.7. The van der Waals surface area contributed by atoms with E-state index in [1.54, 1.807) is 33.6 Å². The van der Waals surface area contributed by atoms with Crippen molar-refractivity contribution in [2.45, 2.75) is 33.5 Å². The van der Waals surface area contributed by atoms with Crippen molar-refractivity contribution < 1.29 is 4.79 Å². The van der Waals surface area contributed by atoms with Gasteiger partial charge in [-0.15, -0.1) is 5.10 Å². The summed E-state index contributed by atoms with van der Waals surface area (Å²) in [5, 5.41) is 7.13. The smallest absolute Gasteiger partial charge is 0.291 e. The van der Waals surface area contributed by atoms with Crippen LogP contribution in [0.4, 0.5) is 5.82 Å². The molecule has 0 fully saturated rings. The number of nitrogen functional groups attached to an aromatic ring is 1. The molecule has 0 bridgehead atoms. The van der Waals surface area contributed by atoms with E-state index in [0.29, 0.717) is 25.5 Å². The molecule has 9 nitrogen and oxygen atoms in total. The van der Waals surface area contributed by atoms with Gasteiger partial charge in [0.25, 0.3) is 11.5 Å². The molecule has 1 aromatic carbocycles. The molecule has 0 saturated carbocycles. The Morgan fingerprint density at radius 1 is 1.06 bits per heavy atom. The third-order valence-corrected chi connectivity index (χ3v) is 5.36. The van der Waals surface area contributed by atoms with Gasteiger partial charge < -0.3 is 15.6 Å². The molecule has 3 aromatic heterocycles. The lowest BCUT2D eigenvalue weighted by Gasteiger charge is -2.10. The first-order valence-electron chi connectivity index (χ1n) is 10.5. The number of carbonyl (C=O) groups excluding carboxylic acids is 1. The number of hydrogen-bond acceptors (Lipinski definition) is 6. The number of anilines is 1. The monoisotopic (exact) mass is 443 g/mol. The highest BCUT2D eigenvalue weighted by Gasteiger charge is 2.13. The number of aryl methyl sites for hydroxylation is 2. The Hall–Kier alpha value is -4.27. The summed E-state index contributed by atoms with van der Waals surface area (Å²) < 4.78 is 3.27. The van der Waals surface area contributed by atoms with E-state index in [0.717, 1.165) is 27.9 Å². The Bertz CT molecular complexity index is 1320. The minimum atomic E-state index is -0.354. The van der Waals surface area contributed by atoms with Crippen molar-refractivity contribution in [3.05, 3.63) is 105 Å². The van der Waals surface area contributed by atoms with Gasteiger partial charge in [0.05, 0.1) is 13.1 Å². The molecule has 0 unspecified atom stereocenters. The first-order chi connectivity index (χ1) is 15.9. The van der Waals surface area contributed by atoms with Gasteiger partial charge in [0.2, 0.25) is 5.82 Å². The quantitative estimate of drug-likeness (QED) is 0.451. The van der Waals surface area contributed by atoms with E-state index in [4.69, 9.17) is 5.73 Å². The van der Waals surface area contributed by atoms with Crippen molar-refractivity contribution >= 4 is 11.7 Å². The molecular weight excluding hydrogens is 418 g/mol. The van der Waals surface area contributed by atoms with E-state index in [9.17, 15) is 9.59 Å². The summed E-state index contributed by atoms with van der Waals surface area (Å²) in [7, 11) is 0. The fraction of sp³-hybridized carbons (Fsp3) is 0.208. The van der Waals surface area contributed by atoms with Gasteiger partial charge in [-0.05, 0) is 48.2 Å². The lowest BCUT2D eigenvalue weighted by molar-refractivity contribution is 0.0940. The number of amides is 1. The highest BCUT2D eigenvalue weighted by molar-refractivity contribution is 5.90. The lowest BCUT2D eigenvalue weighted by atomic mass is 10.1. The zero-order valence-corrected chi connectivity index (χ0v) is 18.5. The number of hydrogen-bond donors (Lipinski definition) is 2. The summed E-state index contributed by atoms with van der Waals surface area (Å²) in [6.07, 6.45) is 3.30. The first-order valence-corrected chi connectivity index (χ1v) is 10.5. The lowest BCUT2D eigenvalue weighted by Crippen LogP contribution is -2.25. The molecule has 4 rings (SSSR count). The molecule has 4 aromatic rings. The molecule has 0 aliphatic heterocycles. The van der Waals surface area contributed by atoms with Gasteiger partial charge in [-0.25, -0.2) is 14.6 Å². The number of benzene rings is 1. The molecule has 0 aliphatic carbocycles. The number of nitrogens with zero attached hydrogens (tertiary/aromatic N) is 5. The van der Waals surface area contributed by atoms with E-state index in [1.807, 2.05) is 44.2 Å². The normalized spacial score (nSPS) is 10.8. The maximum absolute atomic E-state index is 12.5. The third kappa shape index (κ3) is 5.32. The fourth-order valence-electron chi connectivity index (χ4n) is 3.60. The van der Waals surface area contributed by atoms with Crippen LogP contribution in [0.3, 0.4) is 0 Å². The summed E-state index contributed by atoms with van der Waals surface area (Å²) in [6, 6.07) is 14.8. The topological polar surface area (TPSA) is 121 Å². The highest BCUT2D eigenvalue weighted by atomic mass is 16.2. The predicted molar refractivity (Wildman–Crippen MR) is 125 cm³/mol. The van der Waals surface area contributed by atoms with Crippen LogP contribution in [0.15, 0.2) is 65.8 Å². The second kappa shape index (κ2) is 9.47. The molecular formula is C24H25N7O2. The van der Waals surface area contributed by atoms with Gasteiger partial charge >= 0.3 is 0 Å². The van der Waals surface area contributed by atoms with E-state index in [2.05, 4.69) is 20.4 Å². The number of carbonyl (C=O) groups is 1. The zero-order valence-electron chi connectivity index (χ0n) is 18.5. The number of nitrogens with two attached hydrogens (primary N) is 1. The van der Waals surface area contributed by atoms with E-state index in [-0.39, 0.29) is 17.3 Å². The average molecular weight is 444 g/mol. The zero-order chi connectivity index (χ0) is 23.4. The van der Waals surface area contributed by atoms with Crippen molar-refractivity contribution in [3.63, 3.8) is 0 Å². The Labute approximate surface area is 190 Å². The van der Waals surface area contributed by atoms with Crippen LogP contribution in [0.2, 0.25) is 0 Å². The molecule has 9 heteroatoms. The first kappa shape index (κ1) is 21.9. The molecule has 0 saturated heterocycles. The summed E-state index contributed by atoms with van der Waals surface area (Å²) in [5.74, 6) is 0.212. The van der Waals surface area contributed by atoms with Crippen molar-refractivity contribution in [3.8, 4) is 0 Å². The SMILES string of the molecule is Cc1cc(N)nc(C)c1CNC(=O)c1ncn(Cc2ccc(Cn3ccccc3=O)cc2)n1. The standard InChI is InChI=1S/C24H25N7O2/c1-16-11-21(25)28-17(2)20(16)12-26-24(33)23-27-15-31(29-23)14-19-8-6-18(7-9-19)13-30-10-4-3-5-22(30)32/h3-11,15H,12-14H2,1-2H3,(H2,25,28)(H,26,33). The van der Waals surface area contributed by atoms with Crippen LogP contribution >= 0.6 is 0 Å². The Morgan fingerprint density at radius 3 is 2.48 bits per heavy atom. The Balaban J connectivity index is 1.36. The number of pyridine rings is 2. The maximum atomic E-state index is 12.5. The molecule has 168 valence electrons. The Morgan fingerprint density at radius 2 is 1.79 bits per heavy atom. The molecule has 33 heavy (non-hydrogen) atoms. The van der Waals surface area contributed by atoms with E-state index in [1.165, 1.54) is 6.33 Å². The summed E-state index contributed by atoms with van der Waals surface area (Å²) in [6.45, 7) is 5.11. The second-order valence-corrected chi connectivity index (χ2v) is 7.86. The van der Waals surface area contributed by atoms with Gasteiger partial charge in [0.15, 0.2) is 0 Å². The van der Waals surface area contributed by atoms with Crippen molar-refractivity contribution in [2.75, 3.05) is 5.73 Å². The largest absolute Gasteiger partial charge is 0.384 e. The minimum Gasteiger partial charge on any atom is -0.384 e. The minimum absolute atomic E-state index is 0.0343. The molecule has 1 amide bonds. The molecule has 0 radical (unpaired) electrons.